The van der Waals surface area contributed by atoms with E-state index in [4.69, 9.17) is 28.6 Å². The lowest BCUT2D eigenvalue weighted by Crippen LogP contribution is -2.32. The van der Waals surface area contributed by atoms with Crippen molar-refractivity contribution in [3.05, 3.63) is 143 Å². The maximum absolute atomic E-state index is 12.9. The summed E-state index contributed by atoms with van der Waals surface area (Å²) in [7, 11) is 2.17. The van der Waals surface area contributed by atoms with Gasteiger partial charge in [-0.3, -0.25) is 23.7 Å². The lowest BCUT2D eigenvalue weighted by Gasteiger charge is -2.32. The number of amides is 1. The number of benzene rings is 4. The number of nitrogens with zero attached hydrogens (tertiary/aromatic N) is 1. The largest absolute Gasteiger partial charge is 0.497 e. The van der Waals surface area contributed by atoms with Crippen LogP contribution in [0.3, 0.4) is 0 Å². The molecule has 338 valence electrons. The van der Waals surface area contributed by atoms with Crippen molar-refractivity contribution in [2.24, 2.45) is 0 Å². The molecular weight excluding hydrogens is 829 g/mol. The standard InChI is InChI=1S/C28H33NO6.C20H25O7P/c1-35-24-14-10-20(11-15-24)28(34)22-8-6-7-21(19-22)25(30)16-12-23-13-17-26(31)29(23)18-5-3-2-4-9-27(32)33;1-5-27-28(22,23)14-19(21)15-7-6-8-17(13-15)20(25-3,26-4)16-9-11-18(24-2)12-10-16/h6-8,10-12,14-16,19,23,25,30H,2-5,9,13,17-18H2,1H3,(H,32,33);6-13H,5,14H2,1-4H3,(H,22,23). The number of aliphatic hydroxyl groups is 1. The number of aliphatic hydroxyl groups excluding tert-OH is 1. The number of ether oxygens (including phenoxy) is 4. The molecule has 0 radical (unpaired) electrons. The molecular formula is C48H58NO13P. The molecule has 0 bridgehead atoms. The molecule has 0 saturated carbocycles. The van der Waals surface area contributed by atoms with E-state index in [1.165, 1.54) is 14.2 Å². The molecule has 0 aliphatic carbocycles. The molecule has 3 unspecified atom stereocenters. The maximum Gasteiger partial charge on any atom is 0.335 e. The molecule has 3 N–H and O–H groups in total. The van der Waals surface area contributed by atoms with Crippen LogP contribution in [0.1, 0.15) is 101 Å². The van der Waals surface area contributed by atoms with Gasteiger partial charge in [0.2, 0.25) is 11.7 Å². The highest BCUT2D eigenvalue weighted by molar-refractivity contribution is 7.53. The van der Waals surface area contributed by atoms with Crippen molar-refractivity contribution in [2.45, 2.75) is 69.8 Å². The molecule has 1 aliphatic heterocycles. The van der Waals surface area contributed by atoms with Gasteiger partial charge in [-0.15, -0.1) is 0 Å². The molecule has 1 heterocycles. The van der Waals surface area contributed by atoms with E-state index in [2.05, 4.69) is 0 Å². The van der Waals surface area contributed by atoms with Crippen LogP contribution in [0.25, 0.3) is 0 Å². The van der Waals surface area contributed by atoms with Gasteiger partial charge in [0, 0.05) is 61.4 Å². The van der Waals surface area contributed by atoms with Crippen LogP contribution in [-0.2, 0) is 33.9 Å². The minimum absolute atomic E-state index is 0.0506. The highest BCUT2D eigenvalue weighted by Gasteiger charge is 2.36. The van der Waals surface area contributed by atoms with Crippen LogP contribution < -0.4 is 9.47 Å². The fourth-order valence-electron chi connectivity index (χ4n) is 7.23. The summed E-state index contributed by atoms with van der Waals surface area (Å²) in [6.45, 7) is 2.27. The number of hydrogen-bond donors (Lipinski definition) is 3. The lowest BCUT2D eigenvalue weighted by atomic mass is 9.94. The Labute approximate surface area is 368 Å². The van der Waals surface area contributed by atoms with E-state index >= 15 is 0 Å². The second-order valence-electron chi connectivity index (χ2n) is 14.7. The maximum atomic E-state index is 12.9. The normalized spacial score (nSPS) is 15.3. The first-order valence-corrected chi connectivity index (χ1v) is 22.5. The second-order valence-corrected chi connectivity index (χ2v) is 16.6. The van der Waals surface area contributed by atoms with Crippen LogP contribution in [0.5, 0.6) is 11.5 Å². The number of Topliss-reactive ketones (excluding diaryl/α,β-unsaturated/α-hetero) is 1. The Morgan fingerprint density at radius 3 is 2.05 bits per heavy atom. The summed E-state index contributed by atoms with van der Waals surface area (Å²) in [6.07, 6.45) is 6.62. The quantitative estimate of drug-likeness (QED) is 0.0213. The third kappa shape index (κ3) is 14.3. The number of unbranched alkanes of at least 4 members (excludes halogenated alkanes) is 3. The number of carboxylic acid groups (broad SMARTS) is 1. The van der Waals surface area contributed by atoms with Gasteiger partial charge in [-0.1, -0.05) is 61.4 Å². The summed E-state index contributed by atoms with van der Waals surface area (Å²) in [5, 5.41) is 19.4. The highest BCUT2D eigenvalue weighted by atomic mass is 31.2. The number of likely N-dealkylation sites (tertiary alicyclic amines) is 1. The third-order valence-electron chi connectivity index (χ3n) is 10.6. The molecule has 1 aliphatic rings. The van der Waals surface area contributed by atoms with Gasteiger partial charge in [-0.05, 0) is 92.4 Å². The van der Waals surface area contributed by atoms with E-state index in [9.17, 15) is 33.7 Å². The molecule has 3 atom stereocenters. The number of ketones is 2. The van der Waals surface area contributed by atoms with Crippen molar-refractivity contribution in [2.75, 3.05) is 47.8 Å². The molecule has 1 saturated heterocycles. The van der Waals surface area contributed by atoms with Crippen LogP contribution in [0.2, 0.25) is 0 Å². The number of carboxylic acids is 1. The Bertz CT molecular complexity index is 2200. The minimum Gasteiger partial charge on any atom is -0.497 e. The van der Waals surface area contributed by atoms with Crippen molar-refractivity contribution < 1.29 is 62.3 Å². The Balaban J connectivity index is 0.000000284. The van der Waals surface area contributed by atoms with E-state index in [1.807, 2.05) is 11.0 Å². The van der Waals surface area contributed by atoms with Crippen LogP contribution in [0, 0.1) is 0 Å². The van der Waals surface area contributed by atoms with Crippen molar-refractivity contribution in [3.63, 3.8) is 0 Å². The van der Waals surface area contributed by atoms with Crippen molar-refractivity contribution in [3.8, 4) is 11.5 Å². The Morgan fingerprint density at radius 1 is 0.810 bits per heavy atom. The van der Waals surface area contributed by atoms with Gasteiger partial charge in [0.15, 0.2) is 11.6 Å². The van der Waals surface area contributed by atoms with Crippen LogP contribution in [0.4, 0.5) is 0 Å². The molecule has 4 aromatic rings. The van der Waals surface area contributed by atoms with Crippen LogP contribution in [-0.4, -0.2) is 97.2 Å². The fourth-order valence-corrected chi connectivity index (χ4v) is 8.27. The molecule has 5 rings (SSSR count). The first-order chi connectivity index (χ1) is 30.2. The molecule has 14 nitrogen and oxygen atoms in total. The van der Waals surface area contributed by atoms with Gasteiger partial charge in [0.05, 0.1) is 33.0 Å². The lowest BCUT2D eigenvalue weighted by molar-refractivity contribution is -0.183. The molecule has 0 spiro atoms. The predicted molar refractivity (Wildman–Crippen MR) is 237 cm³/mol. The molecule has 1 amide bonds. The topological polar surface area (TPSA) is 195 Å². The van der Waals surface area contributed by atoms with Gasteiger partial charge >= 0.3 is 13.6 Å². The Kier molecular flexibility index (Phi) is 19.4. The third-order valence-corrected chi connectivity index (χ3v) is 11.9. The number of rotatable bonds is 23. The highest BCUT2D eigenvalue weighted by Crippen LogP contribution is 2.42. The van der Waals surface area contributed by atoms with Gasteiger partial charge in [0.1, 0.15) is 17.7 Å². The smallest absolute Gasteiger partial charge is 0.335 e. The first kappa shape index (κ1) is 50.2. The monoisotopic (exact) mass is 887 g/mol. The molecule has 63 heavy (non-hydrogen) atoms. The first-order valence-electron chi connectivity index (χ1n) is 20.7. The zero-order chi connectivity index (χ0) is 46.0. The SMILES string of the molecule is CCOP(=O)(O)CC(=O)c1cccc(C(OC)(OC)c2ccc(OC)cc2)c1.COc1ccc(C(=O)c2cccc(C(O)C=CC3CCC(=O)N3CCCCCCC(=O)O)c2)cc1. The Hall–Kier alpha value is -5.47. The second kappa shape index (κ2) is 24.4. The van der Waals surface area contributed by atoms with Gasteiger partial charge in [-0.25, -0.2) is 0 Å². The van der Waals surface area contributed by atoms with Crippen molar-refractivity contribution in [1.29, 1.82) is 0 Å². The number of carbonyl (C=O) groups excluding carboxylic acids is 3. The van der Waals surface area contributed by atoms with E-state index in [1.54, 1.807) is 124 Å². The van der Waals surface area contributed by atoms with Gasteiger partial charge in [-0.2, -0.15) is 0 Å². The zero-order valence-electron chi connectivity index (χ0n) is 36.4. The molecule has 15 heteroatoms. The van der Waals surface area contributed by atoms with Crippen LogP contribution in [0.15, 0.2) is 109 Å². The predicted octanol–water partition coefficient (Wildman–Crippen LogP) is 8.14. The average Bonchev–Trinajstić information content (AvgIpc) is 3.65. The van der Waals surface area contributed by atoms with E-state index in [-0.39, 0.29) is 36.3 Å². The summed E-state index contributed by atoms with van der Waals surface area (Å²) in [6, 6.07) is 27.5. The molecule has 0 aromatic heterocycles. The number of carbonyl (C=O) groups is 4. The average molecular weight is 888 g/mol. The number of hydrogen-bond acceptors (Lipinski definition) is 11. The zero-order valence-corrected chi connectivity index (χ0v) is 37.3. The summed E-state index contributed by atoms with van der Waals surface area (Å²) in [5.74, 6) is -1.22. The van der Waals surface area contributed by atoms with Crippen molar-refractivity contribution in [1.82, 2.24) is 4.90 Å². The molecule has 4 aromatic carbocycles. The summed E-state index contributed by atoms with van der Waals surface area (Å²) in [5.41, 5.74) is 3.16. The Morgan fingerprint density at radius 2 is 1.43 bits per heavy atom. The number of aliphatic carboxylic acids is 1. The summed E-state index contributed by atoms with van der Waals surface area (Å²) in [4.78, 5) is 59.8. The van der Waals surface area contributed by atoms with Crippen LogP contribution >= 0.6 is 7.60 Å². The van der Waals surface area contributed by atoms with Crippen molar-refractivity contribution >= 4 is 31.0 Å². The fraction of sp³-hybridized carbons (Fsp3) is 0.375. The minimum atomic E-state index is -3.98. The van der Waals surface area contributed by atoms with E-state index in [0.717, 1.165) is 19.3 Å². The number of methoxy groups -OCH3 is 4. The molecule has 1 fully saturated rings. The summed E-state index contributed by atoms with van der Waals surface area (Å²) >= 11 is 0. The van der Waals surface area contributed by atoms with Gasteiger partial charge < -0.3 is 43.5 Å². The van der Waals surface area contributed by atoms with E-state index in [0.29, 0.717) is 65.1 Å². The summed E-state index contributed by atoms with van der Waals surface area (Å²) < 4.78 is 38.4. The van der Waals surface area contributed by atoms with Gasteiger partial charge in [0.25, 0.3) is 0 Å². The van der Waals surface area contributed by atoms with E-state index < -0.39 is 37.4 Å².